The van der Waals surface area contributed by atoms with E-state index in [0.29, 0.717) is 13.0 Å². The highest BCUT2D eigenvalue weighted by atomic mass is 16.7. The van der Waals surface area contributed by atoms with Crippen molar-refractivity contribution in [2.75, 3.05) is 33.0 Å². The highest BCUT2D eigenvalue weighted by Gasteiger charge is 2.47. The van der Waals surface area contributed by atoms with Crippen molar-refractivity contribution in [2.45, 2.75) is 306 Å². The van der Waals surface area contributed by atoms with Gasteiger partial charge in [-0.25, -0.2) is 0 Å². The fraction of sp³-hybridized carbons (Fsp3) is 0.946. The number of ether oxygens (including phenoxy) is 6. The number of hydrogen-bond donors (Lipinski definition) is 7. The molecular weight excluding hydrogens is 897 g/mol. The number of carbonyl (C=O) groups is 1. The molecule has 11 atom stereocenters. The van der Waals surface area contributed by atoms with E-state index in [-0.39, 0.29) is 25.6 Å². The zero-order valence-corrected chi connectivity index (χ0v) is 44.3. The Kier molecular flexibility index (Phi) is 40.8. The van der Waals surface area contributed by atoms with Crippen LogP contribution in [0.2, 0.25) is 0 Å². The van der Waals surface area contributed by atoms with Gasteiger partial charge >= 0.3 is 5.97 Å². The Hall–Kier alpha value is -1.27. The van der Waals surface area contributed by atoms with Crippen LogP contribution in [0.15, 0.2) is 12.2 Å². The number of aliphatic hydroxyl groups excluding tert-OH is 7. The molecule has 11 unspecified atom stereocenters. The van der Waals surface area contributed by atoms with Crippen LogP contribution in [0.5, 0.6) is 0 Å². The van der Waals surface area contributed by atoms with Crippen LogP contribution in [0.3, 0.4) is 0 Å². The third-order valence-electron chi connectivity index (χ3n) is 14.0. The van der Waals surface area contributed by atoms with E-state index in [0.717, 1.165) is 57.8 Å². The lowest BCUT2D eigenvalue weighted by Crippen LogP contribution is -2.61. The van der Waals surface area contributed by atoms with Crippen LogP contribution in [0.4, 0.5) is 0 Å². The summed E-state index contributed by atoms with van der Waals surface area (Å²) in [6, 6.07) is 0. The lowest BCUT2D eigenvalue weighted by molar-refractivity contribution is -0.332. The second kappa shape index (κ2) is 44.1. The predicted octanol–water partition coefficient (Wildman–Crippen LogP) is 9.80. The second-order valence-corrected chi connectivity index (χ2v) is 20.5. The first-order chi connectivity index (χ1) is 34.1. The summed E-state index contributed by atoms with van der Waals surface area (Å²) in [4.78, 5) is 13.0. The predicted molar refractivity (Wildman–Crippen MR) is 275 cm³/mol. The molecule has 2 aliphatic heterocycles. The van der Waals surface area contributed by atoms with E-state index < -0.39 is 80.7 Å². The highest BCUT2D eigenvalue weighted by molar-refractivity contribution is 5.69. The van der Waals surface area contributed by atoms with Gasteiger partial charge in [0.1, 0.15) is 54.9 Å². The van der Waals surface area contributed by atoms with E-state index in [2.05, 4.69) is 26.0 Å². The number of esters is 1. The molecule has 0 aliphatic carbocycles. The standard InChI is InChI=1S/C56H106O14/c1-3-5-7-9-11-13-15-17-18-19-20-21-22-23-24-25-26-28-30-32-34-36-38-40-65-42-45(68-48(58)39-37-35-33-31-29-27-16-14-12-10-8-6-4-2)43-66-55-54(64)52(62)50(60)47(70-55)44-67-56-53(63)51(61)49(59)46(41-57)69-56/h14,16,45-47,49-57,59-64H,3-13,15,17-44H2,1-2H3/b16-14-. The van der Waals surface area contributed by atoms with Crippen LogP contribution in [-0.2, 0) is 33.2 Å². The lowest BCUT2D eigenvalue weighted by atomic mass is 9.98. The zero-order valence-electron chi connectivity index (χ0n) is 44.3. The Morgan fingerprint density at radius 3 is 1.31 bits per heavy atom. The third kappa shape index (κ3) is 30.8. The average molecular weight is 1000 g/mol. The molecule has 2 aliphatic rings. The molecule has 2 saturated heterocycles. The molecule has 0 radical (unpaired) electrons. The fourth-order valence-corrected chi connectivity index (χ4v) is 9.34. The zero-order chi connectivity index (χ0) is 50.9. The van der Waals surface area contributed by atoms with Gasteiger partial charge in [0.25, 0.3) is 0 Å². The van der Waals surface area contributed by atoms with Crippen molar-refractivity contribution in [2.24, 2.45) is 0 Å². The first-order valence-corrected chi connectivity index (χ1v) is 28.8. The van der Waals surface area contributed by atoms with Crippen LogP contribution in [0.1, 0.15) is 239 Å². The van der Waals surface area contributed by atoms with Crippen LogP contribution in [0, 0.1) is 0 Å². The van der Waals surface area contributed by atoms with Gasteiger partial charge in [-0.05, 0) is 38.5 Å². The van der Waals surface area contributed by atoms with Gasteiger partial charge in [0.2, 0.25) is 0 Å². The minimum atomic E-state index is -1.70. The summed E-state index contributed by atoms with van der Waals surface area (Å²) >= 11 is 0. The Morgan fingerprint density at radius 1 is 0.457 bits per heavy atom. The number of unbranched alkanes of at least 4 members (excludes halogenated alkanes) is 31. The van der Waals surface area contributed by atoms with Gasteiger partial charge in [0.15, 0.2) is 12.6 Å². The Balaban J connectivity index is 1.68. The molecule has 0 amide bonds. The topological polar surface area (TPSA) is 214 Å². The first kappa shape index (κ1) is 64.8. The molecule has 2 rings (SSSR count). The quantitative estimate of drug-likeness (QED) is 0.0172. The van der Waals surface area contributed by atoms with Crippen molar-refractivity contribution in [1.82, 2.24) is 0 Å². The smallest absolute Gasteiger partial charge is 0.306 e. The molecule has 0 spiro atoms. The summed E-state index contributed by atoms with van der Waals surface area (Å²) in [6.07, 6.45) is 31.4. The van der Waals surface area contributed by atoms with Crippen LogP contribution in [-0.4, -0.2) is 142 Å². The number of hydrogen-bond acceptors (Lipinski definition) is 14. The molecule has 14 nitrogen and oxygen atoms in total. The molecule has 0 aromatic carbocycles. The van der Waals surface area contributed by atoms with E-state index in [1.54, 1.807) is 0 Å². The van der Waals surface area contributed by atoms with Crippen LogP contribution < -0.4 is 0 Å². The Morgan fingerprint density at radius 2 is 0.843 bits per heavy atom. The third-order valence-corrected chi connectivity index (χ3v) is 14.0. The molecule has 2 fully saturated rings. The maximum Gasteiger partial charge on any atom is 0.306 e. The number of allylic oxidation sites excluding steroid dienone is 2. The van der Waals surface area contributed by atoms with E-state index in [1.165, 1.54) is 154 Å². The van der Waals surface area contributed by atoms with E-state index in [9.17, 15) is 40.5 Å². The van der Waals surface area contributed by atoms with Crippen molar-refractivity contribution in [3.05, 3.63) is 12.2 Å². The summed E-state index contributed by atoms with van der Waals surface area (Å²) < 4.78 is 34.4. The number of aliphatic hydroxyl groups is 7. The Labute approximate surface area is 425 Å². The van der Waals surface area contributed by atoms with E-state index in [1.807, 2.05) is 0 Å². The molecule has 2 heterocycles. The normalized spacial score (nSPS) is 25.5. The van der Waals surface area contributed by atoms with Gasteiger partial charge < -0.3 is 64.2 Å². The minimum absolute atomic E-state index is 0.0643. The van der Waals surface area contributed by atoms with Crippen molar-refractivity contribution >= 4 is 5.97 Å². The van der Waals surface area contributed by atoms with Crippen molar-refractivity contribution in [3.8, 4) is 0 Å². The monoisotopic (exact) mass is 1000 g/mol. The molecule has 0 aromatic rings. The van der Waals surface area contributed by atoms with Crippen LogP contribution >= 0.6 is 0 Å². The van der Waals surface area contributed by atoms with Gasteiger partial charge in [-0.2, -0.15) is 0 Å². The number of carbonyl (C=O) groups excluding carboxylic acids is 1. The van der Waals surface area contributed by atoms with Crippen molar-refractivity contribution in [3.63, 3.8) is 0 Å². The first-order valence-electron chi connectivity index (χ1n) is 28.8. The summed E-state index contributed by atoms with van der Waals surface area (Å²) in [5.41, 5.74) is 0. The van der Waals surface area contributed by atoms with Crippen molar-refractivity contribution in [1.29, 1.82) is 0 Å². The molecular formula is C56H106O14. The molecule has 7 N–H and O–H groups in total. The molecule has 0 aromatic heterocycles. The maximum absolute atomic E-state index is 13.0. The fourth-order valence-electron chi connectivity index (χ4n) is 9.34. The molecule has 70 heavy (non-hydrogen) atoms. The summed E-state index contributed by atoms with van der Waals surface area (Å²) in [7, 11) is 0. The van der Waals surface area contributed by atoms with E-state index in [4.69, 9.17) is 28.4 Å². The van der Waals surface area contributed by atoms with Gasteiger partial charge in [0, 0.05) is 13.0 Å². The largest absolute Gasteiger partial charge is 0.457 e. The Bertz CT molecular complexity index is 1210. The van der Waals surface area contributed by atoms with Gasteiger partial charge in [0.05, 0.1) is 26.4 Å². The number of rotatable bonds is 47. The minimum Gasteiger partial charge on any atom is -0.457 e. The van der Waals surface area contributed by atoms with Gasteiger partial charge in [-0.3, -0.25) is 4.79 Å². The second-order valence-electron chi connectivity index (χ2n) is 20.5. The highest BCUT2D eigenvalue weighted by Crippen LogP contribution is 2.27. The maximum atomic E-state index is 13.0. The molecule has 0 saturated carbocycles. The summed E-state index contributed by atoms with van der Waals surface area (Å²) in [5.74, 6) is -0.380. The molecule has 0 bridgehead atoms. The molecule has 414 valence electrons. The van der Waals surface area contributed by atoms with Crippen LogP contribution in [0.25, 0.3) is 0 Å². The van der Waals surface area contributed by atoms with E-state index >= 15 is 0 Å². The molecule has 14 heteroatoms. The summed E-state index contributed by atoms with van der Waals surface area (Å²) in [6.45, 7) is 3.71. The SMILES string of the molecule is CCCCCC/C=C\CCCCCCCC(=O)OC(COCCCCCCCCCCCCCCCCCCCCCCCCC)COC1OC(COC2OC(CO)C(O)C(O)C2O)C(O)C(O)C1O. The van der Waals surface area contributed by atoms with Gasteiger partial charge in [-0.15, -0.1) is 0 Å². The summed E-state index contributed by atoms with van der Waals surface area (Å²) in [5, 5.41) is 72.2. The average Bonchev–Trinajstić information content (AvgIpc) is 3.36. The van der Waals surface area contributed by atoms with Gasteiger partial charge in [-0.1, -0.05) is 206 Å². The lowest BCUT2D eigenvalue weighted by Gasteiger charge is -2.42. The van der Waals surface area contributed by atoms with Crippen molar-refractivity contribution < 1.29 is 69.0 Å².